The van der Waals surface area contributed by atoms with Crippen molar-refractivity contribution in [3.8, 4) is 5.75 Å². The Labute approximate surface area is 207 Å². The van der Waals surface area contributed by atoms with Crippen molar-refractivity contribution in [3.63, 3.8) is 0 Å². The van der Waals surface area contributed by atoms with E-state index in [0.717, 1.165) is 0 Å². The van der Waals surface area contributed by atoms with E-state index in [1.165, 1.54) is 24.1 Å². The van der Waals surface area contributed by atoms with Crippen molar-refractivity contribution < 1.29 is 33.8 Å². The molecule has 0 fully saturated rings. The Morgan fingerprint density at radius 3 is 2.14 bits per heavy atom. The van der Waals surface area contributed by atoms with Gasteiger partial charge in [-0.2, -0.15) is 0 Å². The third-order valence-corrected chi connectivity index (χ3v) is 4.90. The van der Waals surface area contributed by atoms with Gasteiger partial charge in [0.05, 0.1) is 7.11 Å². The van der Waals surface area contributed by atoms with Gasteiger partial charge in [0.15, 0.2) is 0 Å². The average Bonchev–Trinajstić information content (AvgIpc) is 2.73. The molecular weight excluding hydrogens is 454 g/mol. The number of nitrogens with zero attached hydrogens (tertiary/aromatic N) is 1. The monoisotopic (exact) mass is 493 g/mol. The smallest absolute Gasteiger partial charge is 0.408 e. The van der Waals surface area contributed by atoms with E-state index < -0.39 is 54.1 Å². The number of aromatic hydroxyl groups is 1. The van der Waals surface area contributed by atoms with Crippen LogP contribution < -0.4 is 10.6 Å². The number of methoxy groups -OCH3 is 1. The van der Waals surface area contributed by atoms with Crippen molar-refractivity contribution in [2.24, 2.45) is 5.92 Å². The van der Waals surface area contributed by atoms with Gasteiger partial charge in [-0.3, -0.25) is 14.4 Å². The molecule has 0 aromatic heterocycles. The summed E-state index contributed by atoms with van der Waals surface area (Å²) in [5.41, 5.74) is -0.586. The number of rotatable bonds is 10. The Balaban J connectivity index is 3.46. The quantitative estimate of drug-likeness (QED) is 0.427. The summed E-state index contributed by atoms with van der Waals surface area (Å²) in [7, 11) is 1.19. The van der Waals surface area contributed by atoms with Crippen LogP contribution in [0.25, 0.3) is 0 Å². The number of amides is 3. The Hall–Kier alpha value is -3.30. The van der Waals surface area contributed by atoms with Crippen LogP contribution in [-0.4, -0.2) is 65.2 Å². The lowest BCUT2D eigenvalue weighted by atomic mass is 9.97. The lowest BCUT2D eigenvalue weighted by Gasteiger charge is -2.37. The van der Waals surface area contributed by atoms with E-state index in [2.05, 4.69) is 15.4 Å². The van der Waals surface area contributed by atoms with Crippen LogP contribution in [0.2, 0.25) is 0 Å². The highest BCUT2D eigenvalue weighted by Crippen LogP contribution is 2.31. The maximum absolute atomic E-state index is 13.8. The van der Waals surface area contributed by atoms with Crippen molar-refractivity contribution in [2.45, 2.75) is 78.6 Å². The molecule has 35 heavy (non-hydrogen) atoms. The van der Waals surface area contributed by atoms with Crippen LogP contribution in [-0.2, 0) is 23.9 Å². The van der Waals surface area contributed by atoms with Gasteiger partial charge in [0, 0.05) is 11.6 Å². The predicted molar refractivity (Wildman–Crippen MR) is 130 cm³/mol. The maximum atomic E-state index is 13.8. The zero-order chi connectivity index (χ0) is 26.9. The zero-order valence-corrected chi connectivity index (χ0v) is 21.9. The van der Waals surface area contributed by atoms with E-state index in [1.54, 1.807) is 46.8 Å². The number of phenols is 1. The minimum absolute atomic E-state index is 0.0321. The fourth-order valence-corrected chi connectivity index (χ4v) is 3.47. The van der Waals surface area contributed by atoms with Gasteiger partial charge >= 0.3 is 12.1 Å². The lowest BCUT2D eigenvalue weighted by Crippen LogP contribution is -2.55. The second-order valence-corrected chi connectivity index (χ2v) is 9.92. The summed E-state index contributed by atoms with van der Waals surface area (Å²) in [6.45, 7) is 12.0. The van der Waals surface area contributed by atoms with Crippen LogP contribution in [0.1, 0.15) is 66.5 Å². The van der Waals surface area contributed by atoms with E-state index in [0.29, 0.717) is 6.42 Å². The van der Waals surface area contributed by atoms with E-state index >= 15 is 0 Å². The Morgan fingerprint density at radius 2 is 1.66 bits per heavy atom. The number of para-hydroxylation sites is 1. The van der Waals surface area contributed by atoms with E-state index in [9.17, 15) is 24.3 Å². The number of benzene rings is 1. The zero-order valence-electron chi connectivity index (χ0n) is 21.9. The van der Waals surface area contributed by atoms with Gasteiger partial charge in [-0.25, -0.2) is 4.79 Å². The average molecular weight is 494 g/mol. The molecule has 0 aliphatic heterocycles. The molecule has 0 bridgehead atoms. The number of hydrogen-bond acceptors (Lipinski definition) is 7. The summed E-state index contributed by atoms with van der Waals surface area (Å²) in [4.78, 5) is 52.6. The first-order valence-electron chi connectivity index (χ1n) is 11.6. The van der Waals surface area contributed by atoms with Gasteiger partial charge < -0.3 is 30.1 Å². The fourth-order valence-electron chi connectivity index (χ4n) is 3.47. The molecule has 1 rings (SSSR count). The van der Waals surface area contributed by atoms with Crippen LogP contribution in [0.3, 0.4) is 0 Å². The van der Waals surface area contributed by atoms with Crippen LogP contribution in [0.5, 0.6) is 5.75 Å². The molecule has 0 saturated heterocycles. The van der Waals surface area contributed by atoms with Gasteiger partial charge in [0.1, 0.15) is 30.0 Å². The number of ether oxygens (including phenoxy) is 2. The molecular formula is C25H39N3O7. The Kier molecular flexibility index (Phi) is 11.0. The van der Waals surface area contributed by atoms with E-state index in [4.69, 9.17) is 4.74 Å². The Morgan fingerprint density at radius 1 is 1.06 bits per heavy atom. The molecule has 0 saturated carbocycles. The van der Waals surface area contributed by atoms with Crippen molar-refractivity contribution in [3.05, 3.63) is 29.8 Å². The van der Waals surface area contributed by atoms with Gasteiger partial charge in [-0.1, -0.05) is 32.0 Å². The summed E-state index contributed by atoms with van der Waals surface area (Å²) in [5, 5.41) is 15.6. The highest BCUT2D eigenvalue weighted by atomic mass is 16.6. The molecule has 0 aliphatic carbocycles. The predicted octanol–water partition coefficient (Wildman–Crippen LogP) is 2.90. The third-order valence-electron chi connectivity index (χ3n) is 4.90. The molecule has 0 radical (unpaired) electrons. The lowest BCUT2D eigenvalue weighted by molar-refractivity contribution is -0.146. The molecule has 0 spiro atoms. The number of alkyl carbamates (subject to hydrolysis) is 1. The molecule has 196 valence electrons. The Bertz CT molecular complexity index is 893. The second kappa shape index (κ2) is 13.0. The van der Waals surface area contributed by atoms with Crippen LogP contribution in [0, 0.1) is 5.92 Å². The fraction of sp³-hybridized carbons (Fsp3) is 0.600. The highest BCUT2D eigenvalue weighted by Gasteiger charge is 2.39. The van der Waals surface area contributed by atoms with Crippen molar-refractivity contribution in [2.75, 3.05) is 13.7 Å². The summed E-state index contributed by atoms with van der Waals surface area (Å²) in [5.74, 6) is -2.03. The normalized spacial score (nSPS) is 13.1. The standard InChI is InChI=1S/C25H39N3O7/c1-15(2)13-18(27-24(33)35-25(5,6)7)23(32)28(16(3)4)21(17-11-9-10-12-19(17)29)22(31)26-14-20(30)34-8/h9-12,15-16,18,21,29H,13-14H2,1-8H3,(H,26,31)(H,27,33). The first-order valence-corrected chi connectivity index (χ1v) is 11.6. The first-order chi connectivity index (χ1) is 16.2. The molecule has 0 aliphatic rings. The largest absolute Gasteiger partial charge is 0.508 e. The highest BCUT2D eigenvalue weighted by molar-refractivity contribution is 5.93. The van der Waals surface area contributed by atoms with Crippen LogP contribution >= 0.6 is 0 Å². The molecule has 1 aromatic carbocycles. The number of carbonyl (C=O) groups excluding carboxylic acids is 4. The van der Waals surface area contributed by atoms with Crippen molar-refractivity contribution >= 4 is 23.9 Å². The van der Waals surface area contributed by atoms with E-state index in [-0.39, 0.29) is 17.2 Å². The van der Waals surface area contributed by atoms with Crippen LogP contribution in [0.4, 0.5) is 4.79 Å². The maximum Gasteiger partial charge on any atom is 0.408 e. The summed E-state index contributed by atoms with van der Waals surface area (Å²) < 4.78 is 9.92. The molecule has 10 heteroatoms. The number of nitrogens with one attached hydrogen (secondary N) is 2. The minimum Gasteiger partial charge on any atom is -0.508 e. The topological polar surface area (TPSA) is 134 Å². The summed E-state index contributed by atoms with van der Waals surface area (Å²) >= 11 is 0. The van der Waals surface area contributed by atoms with Crippen molar-refractivity contribution in [1.82, 2.24) is 15.5 Å². The molecule has 10 nitrogen and oxygen atoms in total. The molecule has 3 amide bonds. The number of hydrogen-bond donors (Lipinski definition) is 3. The number of esters is 1. The second-order valence-electron chi connectivity index (χ2n) is 9.92. The third kappa shape index (κ3) is 9.46. The summed E-state index contributed by atoms with van der Waals surface area (Å²) in [6, 6.07) is 3.38. The van der Waals surface area contributed by atoms with Gasteiger partial charge in [0.25, 0.3) is 0 Å². The molecule has 2 unspecified atom stereocenters. The van der Waals surface area contributed by atoms with Crippen LogP contribution in [0.15, 0.2) is 24.3 Å². The molecule has 0 heterocycles. The van der Waals surface area contributed by atoms with Gasteiger partial charge in [-0.15, -0.1) is 0 Å². The number of carbonyl (C=O) groups is 4. The van der Waals surface area contributed by atoms with E-state index in [1.807, 2.05) is 13.8 Å². The SMILES string of the molecule is COC(=O)CNC(=O)C(c1ccccc1O)N(C(=O)C(CC(C)C)NC(=O)OC(C)(C)C)C(C)C. The minimum atomic E-state index is -1.27. The van der Waals surface area contributed by atoms with Gasteiger partial charge in [0.2, 0.25) is 11.8 Å². The molecule has 1 aromatic rings. The first kappa shape index (κ1) is 29.7. The number of phenolic OH excluding ortho intramolecular Hbond substituents is 1. The molecule has 3 N–H and O–H groups in total. The van der Waals surface area contributed by atoms with Gasteiger partial charge in [-0.05, 0) is 53.0 Å². The molecule has 2 atom stereocenters. The summed E-state index contributed by atoms with van der Waals surface area (Å²) in [6.07, 6.45) is -0.465. The van der Waals surface area contributed by atoms with Crippen molar-refractivity contribution in [1.29, 1.82) is 0 Å².